The van der Waals surface area contributed by atoms with Crippen molar-refractivity contribution in [3.8, 4) is 11.5 Å². The number of rotatable bonds is 5. The topological polar surface area (TPSA) is 68.7 Å². The first-order valence-electron chi connectivity index (χ1n) is 6.42. The number of carboxylic acids is 1. The normalized spacial score (nSPS) is 17.2. The van der Waals surface area contributed by atoms with Crippen molar-refractivity contribution in [2.45, 2.75) is 32.1 Å². The lowest BCUT2D eigenvalue weighted by atomic mass is 9.81. The van der Waals surface area contributed by atoms with E-state index in [0.29, 0.717) is 36.5 Å². The second-order valence-electron chi connectivity index (χ2n) is 4.96. The Balaban J connectivity index is 2.34. The van der Waals surface area contributed by atoms with Gasteiger partial charge in [-0.05, 0) is 12.8 Å². The highest BCUT2D eigenvalue weighted by Gasteiger charge is 2.42. The van der Waals surface area contributed by atoms with Crippen LogP contribution in [0.3, 0.4) is 0 Å². The van der Waals surface area contributed by atoms with Gasteiger partial charge in [-0.25, -0.2) is 0 Å². The number of aliphatic carboxylic acids is 1. The van der Waals surface area contributed by atoms with E-state index in [4.69, 9.17) is 9.47 Å². The Kier molecular flexibility index (Phi) is 3.93. The van der Waals surface area contributed by atoms with Gasteiger partial charge in [-0.2, -0.15) is 0 Å². The fraction of sp³-hybridized carbons (Fsp3) is 0.571. The fourth-order valence-corrected chi connectivity index (χ4v) is 2.82. The van der Waals surface area contributed by atoms with E-state index in [1.54, 1.807) is 26.5 Å². The summed E-state index contributed by atoms with van der Waals surface area (Å²) in [7, 11) is 3.11. The van der Waals surface area contributed by atoms with E-state index in [2.05, 4.69) is 4.98 Å². The van der Waals surface area contributed by atoms with Crippen molar-refractivity contribution in [3.63, 3.8) is 0 Å². The van der Waals surface area contributed by atoms with Crippen LogP contribution in [0.15, 0.2) is 12.3 Å². The van der Waals surface area contributed by atoms with Crippen molar-refractivity contribution < 1.29 is 19.4 Å². The van der Waals surface area contributed by atoms with Gasteiger partial charge in [0.2, 0.25) is 0 Å². The molecule has 0 amide bonds. The van der Waals surface area contributed by atoms with Gasteiger partial charge in [0.25, 0.3) is 0 Å². The van der Waals surface area contributed by atoms with E-state index < -0.39 is 11.4 Å². The summed E-state index contributed by atoms with van der Waals surface area (Å²) in [6.45, 7) is 0. The lowest BCUT2D eigenvalue weighted by Gasteiger charge is -2.24. The lowest BCUT2D eigenvalue weighted by molar-refractivity contribution is -0.148. The van der Waals surface area contributed by atoms with E-state index in [1.807, 2.05) is 0 Å². The van der Waals surface area contributed by atoms with Crippen molar-refractivity contribution in [2.75, 3.05) is 14.2 Å². The molecule has 5 nitrogen and oxygen atoms in total. The van der Waals surface area contributed by atoms with Crippen LogP contribution in [0, 0.1) is 5.41 Å². The largest absolute Gasteiger partial charge is 0.493 e. The molecule has 0 bridgehead atoms. The molecule has 1 aliphatic carbocycles. The Morgan fingerprint density at radius 2 is 2.05 bits per heavy atom. The summed E-state index contributed by atoms with van der Waals surface area (Å²) in [6.07, 6.45) is 5.33. The van der Waals surface area contributed by atoms with Gasteiger partial charge in [0.05, 0.1) is 25.3 Å². The zero-order valence-electron chi connectivity index (χ0n) is 11.3. The number of ether oxygens (including phenoxy) is 2. The Hall–Kier alpha value is -1.78. The summed E-state index contributed by atoms with van der Waals surface area (Å²) in [4.78, 5) is 15.9. The van der Waals surface area contributed by atoms with Crippen molar-refractivity contribution in [2.24, 2.45) is 5.41 Å². The molecule has 1 aliphatic rings. The van der Waals surface area contributed by atoms with E-state index in [1.165, 1.54) is 0 Å². The molecule has 1 heterocycles. The van der Waals surface area contributed by atoms with E-state index in [-0.39, 0.29) is 0 Å². The number of methoxy groups -OCH3 is 2. The Morgan fingerprint density at radius 3 is 2.58 bits per heavy atom. The van der Waals surface area contributed by atoms with Gasteiger partial charge < -0.3 is 14.6 Å². The second kappa shape index (κ2) is 5.47. The van der Waals surface area contributed by atoms with Gasteiger partial charge in [0.15, 0.2) is 11.5 Å². The molecule has 1 saturated carbocycles. The molecule has 0 radical (unpaired) electrons. The van der Waals surface area contributed by atoms with Crippen molar-refractivity contribution in [1.29, 1.82) is 0 Å². The average molecular weight is 265 g/mol. The molecule has 104 valence electrons. The number of hydrogen-bond donors (Lipinski definition) is 1. The van der Waals surface area contributed by atoms with Crippen LogP contribution in [0.25, 0.3) is 0 Å². The predicted molar refractivity (Wildman–Crippen MR) is 69.6 cm³/mol. The van der Waals surface area contributed by atoms with Gasteiger partial charge in [0, 0.05) is 18.7 Å². The minimum absolute atomic E-state index is 0.392. The van der Waals surface area contributed by atoms with Crippen LogP contribution >= 0.6 is 0 Å². The van der Waals surface area contributed by atoms with E-state index in [0.717, 1.165) is 12.8 Å². The molecule has 1 aromatic rings. The van der Waals surface area contributed by atoms with Crippen LogP contribution in [0.4, 0.5) is 0 Å². The quantitative estimate of drug-likeness (QED) is 0.884. The molecule has 0 unspecified atom stereocenters. The monoisotopic (exact) mass is 265 g/mol. The van der Waals surface area contributed by atoms with E-state index in [9.17, 15) is 9.90 Å². The summed E-state index contributed by atoms with van der Waals surface area (Å²) in [6, 6.07) is 1.71. The summed E-state index contributed by atoms with van der Waals surface area (Å²) in [5, 5.41) is 9.52. The number of hydrogen-bond acceptors (Lipinski definition) is 4. The highest BCUT2D eigenvalue weighted by molar-refractivity contribution is 5.75. The number of carbonyl (C=O) groups is 1. The summed E-state index contributed by atoms with van der Waals surface area (Å²) >= 11 is 0. The molecular weight excluding hydrogens is 246 g/mol. The molecule has 1 aromatic heterocycles. The van der Waals surface area contributed by atoms with Crippen molar-refractivity contribution in [3.05, 3.63) is 18.0 Å². The summed E-state index contributed by atoms with van der Waals surface area (Å²) in [5.74, 6) is 0.389. The number of aromatic nitrogens is 1. The maximum absolute atomic E-state index is 11.6. The fourth-order valence-electron chi connectivity index (χ4n) is 2.82. The second-order valence-corrected chi connectivity index (χ2v) is 4.96. The zero-order chi connectivity index (χ0) is 13.9. The SMILES string of the molecule is COc1ccnc(CC2(C(=O)O)CCCC2)c1OC. The van der Waals surface area contributed by atoms with Gasteiger partial charge >= 0.3 is 5.97 Å². The lowest BCUT2D eigenvalue weighted by Crippen LogP contribution is -2.30. The van der Waals surface area contributed by atoms with Crippen LogP contribution in [0.2, 0.25) is 0 Å². The van der Waals surface area contributed by atoms with E-state index >= 15 is 0 Å². The Bertz CT molecular complexity index is 467. The van der Waals surface area contributed by atoms with Crippen LogP contribution in [-0.4, -0.2) is 30.3 Å². The number of carboxylic acid groups (broad SMARTS) is 1. The Labute approximate surface area is 112 Å². The molecule has 0 atom stereocenters. The molecule has 1 N–H and O–H groups in total. The molecule has 0 aliphatic heterocycles. The molecule has 5 heteroatoms. The summed E-state index contributed by atoms with van der Waals surface area (Å²) < 4.78 is 10.5. The minimum atomic E-state index is -0.739. The third kappa shape index (κ3) is 2.50. The smallest absolute Gasteiger partial charge is 0.310 e. The molecule has 2 rings (SSSR count). The highest BCUT2D eigenvalue weighted by atomic mass is 16.5. The predicted octanol–water partition coefficient (Wildman–Crippen LogP) is 2.29. The standard InChI is InChI=1S/C14H19NO4/c1-18-11-5-8-15-10(12(11)19-2)9-14(13(16)17)6-3-4-7-14/h5,8H,3-4,6-7,9H2,1-2H3,(H,16,17). The molecule has 1 fully saturated rings. The third-order valence-electron chi connectivity index (χ3n) is 3.89. The van der Waals surface area contributed by atoms with Gasteiger partial charge in [-0.15, -0.1) is 0 Å². The van der Waals surface area contributed by atoms with Crippen LogP contribution in [0.1, 0.15) is 31.4 Å². The van der Waals surface area contributed by atoms with Crippen molar-refractivity contribution in [1.82, 2.24) is 4.98 Å². The molecule has 19 heavy (non-hydrogen) atoms. The number of pyridine rings is 1. The maximum Gasteiger partial charge on any atom is 0.310 e. The van der Waals surface area contributed by atoms with Crippen LogP contribution < -0.4 is 9.47 Å². The van der Waals surface area contributed by atoms with Crippen molar-refractivity contribution >= 4 is 5.97 Å². The highest BCUT2D eigenvalue weighted by Crippen LogP contribution is 2.43. The van der Waals surface area contributed by atoms with Gasteiger partial charge in [0.1, 0.15) is 0 Å². The zero-order valence-corrected chi connectivity index (χ0v) is 11.3. The molecule has 0 aromatic carbocycles. The van der Waals surface area contributed by atoms with Crippen LogP contribution in [-0.2, 0) is 11.2 Å². The molecular formula is C14H19NO4. The molecule has 0 saturated heterocycles. The average Bonchev–Trinajstić information content (AvgIpc) is 2.88. The Morgan fingerprint density at radius 1 is 1.37 bits per heavy atom. The van der Waals surface area contributed by atoms with Crippen LogP contribution in [0.5, 0.6) is 11.5 Å². The van der Waals surface area contributed by atoms with Gasteiger partial charge in [-0.1, -0.05) is 12.8 Å². The number of nitrogens with zero attached hydrogens (tertiary/aromatic N) is 1. The summed E-state index contributed by atoms with van der Waals surface area (Å²) in [5.41, 5.74) is -0.0433. The first-order valence-corrected chi connectivity index (χ1v) is 6.42. The minimum Gasteiger partial charge on any atom is -0.493 e. The third-order valence-corrected chi connectivity index (χ3v) is 3.89. The first-order chi connectivity index (χ1) is 9.13. The van der Waals surface area contributed by atoms with Gasteiger partial charge in [-0.3, -0.25) is 9.78 Å². The maximum atomic E-state index is 11.6. The first kappa shape index (κ1) is 13.6. The molecule has 0 spiro atoms.